The summed E-state index contributed by atoms with van der Waals surface area (Å²) in [5.41, 5.74) is 4.62. The van der Waals surface area contributed by atoms with Crippen LogP contribution in [0.4, 0.5) is 5.82 Å². The van der Waals surface area contributed by atoms with Gasteiger partial charge in [-0.3, -0.25) is 4.79 Å². The zero-order valence-corrected chi connectivity index (χ0v) is 20.1. The topological polar surface area (TPSA) is 83.6 Å². The largest absolute Gasteiger partial charge is 0.309 e. The molecular weight excluding hydrogens is 410 g/mol. The van der Waals surface area contributed by atoms with E-state index in [-0.39, 0.29) is 11.8 Å². The van der Waals surface area contributed by atoms with Crippen molar-refractivity contribution in [2.45, 2.75) is 72.6 Å². The molecule has 4 rings (SSSR count). The van der Waals surface area contributed by atoms with Crippen LogP contribution in [0.2, 0.25) is 0 Å². The minimum absolute atomic E-state index is 0.0192. The lowest BCUT2D eigenvalue weighted by Gasteiger charge is -2.27. The van der Waals surface area contributed by atoms with Gasteiger partial charge in [-0.15, -0.1) is 0 Å². The number of nitrogens with one attached hydrogen (secondary N) is 1. The lowest BCUT2D eigenvalue weighted by Crippen LogP contribution is -2.28. The minimum Gasteiger partial charge on any atom is -0.309 e. The maximum Gasteiger partial charge on any atom is 0.228 e. The molecule has 1 aromatic carbocycles. The second kappa shape index (κ2) is 9.74. The molecule has 1 aliphatic carbocycles. The van der Waals surface area contributed by atoms with E-state index in [0.29, 0.717) is 17.2 Å². The van der Waals surface area contributed by atoms with Crippen molar-refractivity contribution >= 4 is 22.6 Å². The predicted molar refractivity (Wildman–Crippen MR) is 131 cm³/mol. The molecular formula is C27H33N5O. The van der Waals surface area contributed by atoms with Gasteiger partial charge in [-0.2, -0.15) is 15.0 Å². The van der Waals surface area contributed by atoms with Crippen molar-refractivity contribution in [2.24, 2.45) is 11.8 Å². The quantitative estimate of drug-likeness (QED) is 0.495. The molecule has 1 N–H and O–H groups in total. The van der Waals surface area contributed by atoms with Crippen molar-refractivity contribution in [3.63, 3.8) is 0 Å². The first-order valence-corrected chi connectivity index (χ1v) is 12.1. The molecule has 6 nitrogen and oxygen atoms in total. The van der Waals surface area contributed by atoms with Gasteiger partial charge in [0.2, 0.25) is 5.91 Å². The van der Waals surface area contributed by atoms with Crippen LogP contribution in [0.1, 0.15) is 74.1 Å². The van der Waals surface area contributed by atoms with Crippen LogP contribution >= 0.6 is 0 Å². The SMILES string of the molecule is CCCCC1CCC(C(=O)Nc2c(C#N)cnn2-c2cc(C)c3cc(C)cc(C)c3n2)CC1. The molecule has 0 saturated heterocycles. The van der Waals surface area contributed by atoms with Crippen LogP contribution < -0.4 is 5.32 Å². The number of aryl methyl sites for hydroxylation is 3. The number of hydrogen-bond donors (Lipinski definition) is 1. The van der Waals surface area contributed by atoms with Crippen LogP contribution in [0, 0.1) is 43.9 Å². The van der Waals surface area contributed by atoms with Gasteiger partial charge in [-0.05, 0) is 75.6 Å². The number of unbranched alkanes of at least 4 members (excludes halogenated alkanes) is 1. The van der Waals surface area contributed by atoms with Crippen LogP contribution in [-0.4, -0.2) is 20.7 Å². The number of anilines is 1. The Hall–Kier alpha value is -3.20. The standard InChI is InChI=1S/C27H33N5O/c1-5-6-7-20-8-10-21(11-9-20)27(33)31-26-22(15-28)16-29-32(26)24-14-18(3)23-13-17(2)12-19(4)25(23)30-24/h12-14,16,20-21H,5-11H2,1-4H3,(H,31,33). The van der Waals surface area contributed by atoms with Crippen LogP contribution in [0.3, 0.4) is 0 Å². The molecule has 0 unspecified atom stereocenters. The maximum absolute atomic E-state index is 13.1. The third kappa shape index (κ3) is 4.78. The van der Waals surface area contributed by atoms with Gasteiger partial charge >= 0.3 is 0 Å². The zero-order chi connectivity index (χ0) is 23.5. The summed E-state index contributed by atoms with van der Waals surface area (Å²) < 4.78 is 1.59. The Kier molecular flexibility index (Phi) is 6.78. The fraction of sp³-hybridized carbons (Fsp3) is 0.481. The molecule has 2 heterocycles. The van der Waals surface area contributed by atoms with Crippen molar-refractivity contribution < 1.29 is 4.79 Å². The van der Waals surface area contributed by atoms with Crippen LogP contribution in [0.15, 0.2) is 24.4 Å². The number of carbonyl (C=O) groups is 1. The second-order valence-corrected chi connectivity index (χ2v) is 9.55. The second-order valence-electron chi connectivity index (χ2n) is 9.55. The molecule has 0 aliphatic heterocycles. The fourth-order valence-electron chi connectivity index (χ4n) is 5.08. The Morgan fingerprint density at radius 1 is 1.15 bits per heavy atom. The summed E-state index contributed by atoms with van der Waals surface area (Å²) >= 11 is 0. The highest BCUT2D eigenvalue weighted by Gasteiger charge is 2.28. The number of pyridine rings is 1. The lowest BCUT2D eigenvalue weighted by molar-refractivity contribution is -0.121. The summed E-state index contributed by atoms with van der Waals surface area (Å²) in [5.74, 6) is 1.71. The Bertz CT molecular complexity index is 1210. The van der Waals surface area contributed by atoms with Gasteiger partial charge in [0.15, 0.2) is 11.6 Å². The molecule has 0 atom stereocenters. The van der Waals surface area contributed by atoms with Gasteiger partial charge in [0.1, 0.15) is 11.6 Å². The van der Waals surface area contributed by atoms with E-state index in [2.05, 4.69) is 56.3 Å². The highest BCUT2D eigenvalue weighted by molar-refractivity contribution is 5.93. The molecule has 33 heavy (non-hydrogen) atoms. The average Bonchev–Trinajstić information content (AvgIpc) is 3.21. The number of fused-ring (bicyclic) bond motifs is 1. The van der Waals surface area contributed by atoms with Crippen molar-refractivity contribution in [1.82, 2.24) is 14.8 Å². The predicted octanol–water partition coefficient (Wildman–Crippen LogP) is 6.15. The van der Waals surface area contributed by atoms with E-state index in [1.54, 1.807) is 4.68 Å². The normalized spacial score (nSPS) is 18.3. The summed E-state index contributed by atoms with van der Waals surface area (Å²) in [4.78, 5) is 18.0. The van der Waals surface area contributed by atoms with E-state index in [0.717, 1.165) is 53.6 Å². The monoisotopic (exact) mass is 443 g/mol. The fourth-order valence-corrected chi connectivity index (χ4v) is 5.08. The number of aromatic nitrogens is 3. The van der Waals surface area contributed by atoms with E-state index in [1.165, 1.54) is 31.0 Å². The van der Waals surface area contributed by atoms with Crippen molar-refractivity contribution in [3.8, 4) is 11.9 Å². The third-order valence-electron chi connectivity index (χ3n) is 6.97. The average molecular weight is 444 g/mol. The summed E-state index contributed by atoms with van der Waals surface area (Å²) in [6.07, 6.45) is 9.28. The molecule has 1 amide bonds. The van der Waals surface area contributed by atoms with Crippen molar-refractivity contribution in [1.29, 1.82) is 5.26 Å². The number of benzene rings is 1. The molecule has 1 aliphatic rings. The molecule has 2 aromatic heterocycles. The number of amides is 1. The molecule has 3 aromatic rings. The summed E-state index contributed by atoms with van der Waals surface area (Å²) in [5, 5.41) is 18.2. The van der Waals surface area contributed by atoms with Crippen molar-refractivity contribution in [3.05, 3.63) is 46.6 Å². The number of carbonyl (C=O) groups excluding carboxylic acids is 1. The molecule has 172 valence electrons. The maximum atomic E-state index is 13.1. The van der Waals surface area contributed by atoms with Crippen LogP contribution in [-0.2, 0) is 4.79 Å². The van der Waals surface area contributed by atoms with Crippen LogP contribution in [0.25, 0.3) is 16.7 Å². The van der Waals surface area contributed by atoms with E-state index < -0.39 is 0 Å². The Labute approximate surface area is 196 Å². The van der Waals surface area contributed by atoms with Gasteiger partial charge in [-0.1, -0.05) is 37.8 Å². The number of rotatable bonds is 6. The number of nitriles is 1. The smallest absolute Gasteiger partial charge is 0.228 e. The first-order valence-electron chi connectivity index (χ1n) is 12.1. The number of hydrogen-bond acceptors (Lipinski definition) is 4. The van der Waals surface area contributed by atoms with Gasteiger partial charge in [-0.25, -0.2) is 4.98 Å². The summed E-state index contributed by atoms with van der Waals surface area (Å²) in [6, 6.07) is 8.38. The van der Waals surface area contributed by atoms with E-state index >= 15 is 0 Å². The minimum atomic E-state index is -0.0218. The summed E-state index contributed by atoms with van der Waals surface area (Å²) in [6.45, 7) is 8.41. The molecule has 6 heteroatoms. The van der Waals surface area contributed by atoms with Gasteiger partial charge in [0.25, 0.3) is 0 Å². The van der Waals surface area contributed by atoms with Crippen molar-refractivity contribution in [2.75, 3.05) is 5.32 Å². The third-order valence-corrected chi connectivity index (χ3v) is 6.97. The van der Waals surface area contributed by atoms with Gasteiger partial charge in [0, 0.05) is 11.3 Å². The first kappa shape index (κ1) is 23.0. The zero-order valence-electron chi connectivity index (χ0n) is 20.1. The molecule has 0 spiro atoms. The van der Waals surface area contributed by atoms with Crippen LogP contribution in [0.5, 0.6) is 0 Å². The van der Waals surface area contributed by atoms with E-state index in [1.807, 2.05) is 6.07 Å². The van der Waals surface area contributed by atoms with Gasteiger partial charge < -0.3 is 5.32 Å². The Balaban J connectivity index is 1.60. The summed E-state index contributed by atoms with van der Waals surface area (Å²) in [7, 11) is 0. The highest BCUT2D eigenvalue weighted by Crippen LogP contribution is 2.33. The lowest BCUT2D eigenvalue weighted by atomic mass is 9.79. The Morgan fingerprint density at radius 3 is 2.61 bits per heavy atom. The number of nitrogens with zero attached hydrogens (tertiary/aromatic N) is 4. The molecule has 0 bridgehead atoms. The molecule has 1 fully saturated rings. The Morgan fingerprint density at radius 2 is 1.91 bits per heavy atom. The van der Waals surface area contributed by atoms with E-state index in [9.17, 15) is 10.1 Å². The molecule has 0 radical (unpaired) electrons. The molecule has 1 saturated carbocycles. The van der Waals surface area contributed by atoms with E-state index in [4.69, 9.17) is 4.98 Å². The highest BCUT2D eigenvalue weighted by atomic mass is 16.2. The first-order chi connectivity index (χ1) is 15.9. The van der Waals surface area contributed by atoms with Gasteiger partial charge in [0.05, 0.1) is 11.7 Å².